The van der Waals surface area contributed by atoms with Crippen molar-refractivity contribution in [1.29, 1.82) is 0 Å². The second-order valence-electron chi connectivity index (χ2n) is 1.97. The Balaban J connectivity index is 3.99. The van der Waals surface area contributed by atoms with Crippen molar-refractivity contribution in [2.75, 3.05) is 13.1 Å². The fourth-order valence-electron chi connectivity index (χ4n) is 0.562. The summed E-state index contributed by atoms with van der Waals surface area (Å²) in [6.45, 7) is 2.20. The molecule has 11 heavy (non-hydrogen) atoms. The van der Waals surface area contributed by atoms with Gasteiger partial charge in [0.05, 0.1) is 6.54 Å². The minimum Gasteiger partial charge on any atom is -0.351 e. The van der Waals surface area contributed by atoms with Crippen molar-refractivity contribution in [3.8, 4) is 0 Å². The summed E-state index contributed by atoms with van der Waals surface area (Å²) < 4.78 is -1.45. The van der Waals surface area contributed by atoms with Gasteiger partial charge in [-0.3, -0.25) is 0 Å². The van der Waals surface area contributed by atoms with E-state index in [0.717, 1.165) is 0 Å². The standard InChI is InChI=1S/C5H9Cl3N2O/c1-2-10(4(9)11)3-5(6,7)8/h2-3H2,1H3,(H2,9,11). The van der Waals surface area contributed by atoms with Crippen LogP contribution in [0.2, 0.25) is 0 Å². The number of primary amides is 1. The summed E-state index contributed by atoms with van der Waals surface area (Å²) in [5, 5.41) is 0. The Morgan fingerprint density at radius 2 is 2.00 bits per heavy atom. The maximum Gasteiger partial charge on any atom is 0.314 e. The molecule has 6 heteroatoms. The number of amides is 2. The summed E-state index contributed by atoms with van der Waals surface area (Å²) >= 11 is 16.3. The summed E-state index contributed by atoms with van der Waals surface area (Å²) in [5.41, 5.74) is 4.97. The molecular formula is C5H9Cl3N2O. The first-order valence-corrected chi connectivity index (χ1v) is 4.11. The van der Waals surface area contributed by atoms with Gasteiger partial charge in [-0.15, -0.1) is 0 Å². The zero-order chi connectivity index (χ0) is 9.07. The Morgan fingerprint density at radius 1 is 1.55 bits per heavy atom. The number of nitrogens with zero attached hydrogens (tertiary/aromatic N) is 1. The molecule has 66 valence electrons. The molecule has 0 radical (unpaired) electrons. The minimum atomic E-state index is -1.45. The van der Waals surface area contributed by atoms with Gasteiger partial charge in [0, 0.05) is 6.54 Å². The van der Waals surface area contributed by atoms with E-state index in [9.17, 15) is 4.79 Å². The Bertz CT molecular complexity index is 145. The zero-order valence-corrected chi connectivity index (χ0v) is 8.25. The molecule has 2 N–H and O–H groups in total. The highest BCUT2D eigenvalue weighted by molar-refractivity contribution is 6.67. The Hall–Kier alpha value is 0.140. The first-order chi connectivity index (χ1) is 4.87. The third-order valence-corrected chi connectivity index (χ3v) is 1.42. The van der Waals surface area contributed by atoms with Crippen LogP contribution in [0.3, 0.4) is 0 Å². The highest BCUT2D eigenvalue weighted by atomic mass is 35.6. The van der Waals surface area contributed by atoms with E-state index in [1.54, 1.807) is 6.92 Å². The molecule has 0 unspecified atom stereocenters. The van der Waals surface area contributed by atoms with E-state index in [1.165, 1.54) is 4.90 Å². The Morgan fingerprint density at radius 3 is 2.09 bits per heavy atom. The van der Waals surface area contributed by atoms with Crippen LogP contribution in [0, 0.1) is 0 Å². The molecule has 0 aliphatic carbocycles. The molecule has 0 aromatic heterocycles. The average molecular weight is 219 g/mol. The predicted molar refractivity (Wildman–Crippen MR) is 47.1 cm³/mol. The summed E-state index contributed by atoms with van der Waals surface area (Å²) in [6.07, 6.45) is 0. The van der Waals surface area contributed by atoms with E-state index in [0.29, 0.717) is 6.54 Å². The van der Waals surface area contributed by atoms with Crippen molar-refractivity contribution in [3.05, 3.63) is 0 Å². The van der Waals surface area contributed by atoms with Gasteiger partial charge in [0.2, 0.25) is 3.79 Å². The van der Waals surface area contributed by atoms with Crippen LogP contribution < -0.4 is 5.73 Å². The summed E-state index contributed by atoms with van der Waals surface area (Å²) in [4.78, 5) is 11.8. The molecule has 0 heterocycles. The normalized spacial score (nSPS) is 11.3. The number of rotatable bonds is 2. The lowest BCUT2D eigenvalue weighted by molar-refractivity contribution is 0.211. The first kappa shape index (κ1) is 11.1. The van der Waals surface area contributed by atoms with Crippen LogP contribution >= 0.6 is 34.8 Å². The van der Waals surface area contributed by atoms with Gasteiger partial charge in [-0.1, -0.05) is 34.8 Å². The summed E-state index contributed by atoms with van der Waals surface area (Å²) in [6, 6.07) is -0.584. The molecule has 0 aliphatic heterocycles. The number of hydrogen-bond donors (Lipinski definition) is 1. The summed E-state index contributed by atoms with van der Waals surface area (Å²) in [7, 11) is 0. The van der Waals surface area contributed by atoms with Crippen molar-refractivity contribution in [3.63, 3.8) is 0 Å². The van der Waals surface area contributed by atoms with Gasteiger partial charge in [-0.25, -0.2) is 4.79 Å². The van der Waals surface area contributed by atoms with Gasteiger partial charge in [0.25, 0.3) is 0 Å². The van der Waals surface area contributed by atoms with Crippen LogP contribution in [0.1, 0.15) is 6.92 Å². The molecule has 0 aliphatic rings. The van der Waals surface area contributed by atoms with E-state index in [1.807, 2.05) is 0 Å². The lowest BCUT2D eigenvalue weighted by Gasteiger charge is -2.22. The molecule has 0 saturated heterocycles. The Kier molecular flexibility index (Phi) is 4.29. The number of hydrogen-bond acceptors (Lipinski definition) is 1. The molecule has 2 amide bonds. The van der Waals surface area contributed by atoms with Gasteiger partial charge in [0.15, 0.2) is 0 Å². The quantitative estimate of drug-likeness (QED) is 0.707. The second kappa shape index (κ2) is 4.24. The topological polar surface area (TPSA) is 46.3 Å². The maximum atomic E-state index is 10.6. The molecule has 0 saturated carbocycles. The highest BCUT2D eigenvalue weighted by Crippen LogP contribution is 2.26. The summed E-state index contributed by atoms with van der Waals surface area (Å²) in [5.74, 6) is 0. The lowest BCUT2D eigenvalue weighted by Crippen LogP contribution is -2.40. The fourth-order valence-corrected chi connectivity index (χ4v) is 0.995. The fraction of sp³-hybridized carbons (Fsp3) is 0.800. The van der Waals surface area contributed by atoms with Crippen molar-refractivity contribution < 1.29 is 4.79 Å². The molecular weight excluding hydrogens is 210 g/mol. The van der Waals surface area contributed by atoms with Crippen LogP contribution in [0.15, 0.2) is 0 Å². The smallest absolute Gasteiger partial charge is 0.314 e. The predicted octanol–water partition coefficient (Wildman–Crippen LogP) is 1.76. The molecule has 0 aromatic carbocycles. The van der Waals surface area contributed by atoms with Crippen molar-refractivity contribution in [1.82, 2.24) is 4.90 Å². The average Bonchev–Trinajstić information content (AvgIpc) is 1.80. The molecule has 0 fully saturated rings. The number of carbonyl (C=O) groups is 1. The van der Waals surface area contributed by atoms with Crippen molar-refractivity contribution in [2.45, 2.75) is 10.7 Å². The number of carbonyl (C=O) groups excluding carboxylic acids is 1. The van der Waals surface area contributed by atoms with E-state index in [-0.39, 0.29) is 6.54 Å². The maximum absolute atomic E-state index is 10.6. The van der Waals surface area contributed by atoms with Gasteiger partial charge in [0.1, 0.15) is 0 Å². The number of halogens is 3. The van der Waals surface area contributed by atoms with Gasteiger partial charge in [-0.05, 0) is 6.92 Å². The van der Waals surface area contributed by atoms with Crippen LogP contribution in [-0.4, -0.2) is 27.8 Å². The van der Waals surface area contributed by atoms with E-state index in [2.05, 4.69) is 0 Å². The number of urea groups is 1. The lowest BCUT2D eigenvalue weighted by atomic mass is 10.5. The van der Waals surface area contributed by atoms with E-state index in [4.69, 9.17) is 40.5 Å². The minimum absolute atomic E-state index is 0.0174. The molecule has 0 atom stereocenters. The van der Waals surface area contributed by atoms with Crippen LogP contribution in [0.4, 0.5) is 4.79 Å². The molecule has 3 nitrogen and oxygen atoms in total. The first-order valence-electron chi connectivity index (χ1n) is 2.98. The van der Waals surface area contributed by atoms with Crippen molar-refractivity contribution >= 4 is 40.8 Å². The molecule has 0 rings (SSSR count). The molecule has 0 aromatic rings. The second-order valence-corrected chi connectivity index (χ2v) is 4.48. The third-order valence-electron chi connectivity index (χ3n) is 1.06. The highest BCUT2D eigenvalue weighted by Gasteiger charge is 2.24. The number of alkyl halides is 3. The number of nitrogens with two attached hydrogens (primary N) is 1. The zero-order valence-electron chi connectivity index (χ0n) is 5.98. The largest absolute Gasteiger partial charge is 0.351 e. The van der Waals surface area contributed by atoms with Crippen molar-refractivity contribution in [2.24, 2.45) is 5.73 Å². The van der Waals surface area contributed by atoms with Crippen LogP contribution in [-0.2, 0) is 0 Å². The van der Waals surface area contributed by atoms with Gasteiger partial charge < -0.3 is 10.6 Å². The van der Waals surface area contributed by atoms with E-state index >= 15 is 0 Å². The van der Waals surface area contributed by atoms with Gasteiger partial charge in [-0.2, -0.15) is 0 Å². The molecule has 0 spiro atoms. The van der Waals surface area contributed by atoms with Gasteiger partial charge >= 0.3 is 6.03 Å². The van der Waals surface area contributed by atoms with E-state index < -0.39 is 9.82 Å². The van der Waals surface area contributed by atoms with Crippen LogP contribution in [0.5, 0.6) is 0 Å². The monoisotopic (exact) mass is 218 g/mol. The third kappa shape index (κ3) is 5.41. The van der Waals surface area contributed by atoms with Crippen LogP contribution in [0.25, 0.3) is 0 Å². The SMILES string of the molecule is CCN(CC(Cl)(Cl)Cl)C(N)=O. The molecule has 0 bridgehead atoms. The Labute approximate surface area is 80.4 Å².